The number of benzene rings is 2. The van der Waals surface area contributed by atoms with Gasteiger partial charge in [-0.15, -0.1) is 17.9 Å². The molecule has 0 spiro atoms. The number of carbonyl (C=O) groups excluding carboxylic acids is 2. The monoisotopic (exact) mass is 506 g/mol. The molecular formula is C29H34N2O4S. The summed E-state index contributed by atoms with van der Waals surface area (Å²) in [5.41, 5.74) is 3.82. The predicted octanol–water partition coefficient (Wildman–Crippen LogP) is 5.28. The SMILES string of the molecule is C=CCN(CC(=O)N(CCc1ccc(OC)c(OC)c1)Cc1sccc1C)C(=O)c1ccc(C)cc1. The van der Waals surface area contributed by atoms with E-state index in [1.807, 2.05) is 54.5 Å². The molecule has 190 valence electrons. The third-order valence-electron chi connectivity index (χ3n) is 6.04. The molecule has 3 aromatic rings. The first-order valence-electron chi connectivity index (χ1n) is 11.8. The Kier molecular flexibility index (Phi) is 9.70. The zero-order valence-corrected chi connectivity index (χ0v) is 22.3. The minimum absolute atomic E-state index is 0.0188. The minimum atomic E-state index is -0.185. The first-order valence-corrected chi connectivity index (χ1v) is 12.7. The van der Waals surface area contributed by atoms with Crippen molar-refractivity contribution in [1.82, 2.24) is 9.80 Å². The van der Waals surface area contributed by atoms with Crippen LogP contribution in [0.15, 0.2) is 66.6 Å². The zero-order chi connectivity index (χ0) is 26.1. The van der Waals surface area contributed by atoms with Gasteiger partial charge in [0.25, 0.3) is 5.91 Å². The Morgan fingerprint density at radius 1 is 0.972 bits per heavy atom. The Bertz CT molecular complexity index is 1190. The molecule has 0 bridgehead atoms. The Labute approximate surface area is 217 Å². The van der Waals surface area contributed by atoms with Crippen LogP contribution in [0.2, 0.25) is 0 Å². The van der Waals surface area contributed by atoms with Gasteiger partial charge in [-0.25, -0.2) is 0 Å². The highest BCUT2D eigenvalue weighted by molar-refractivity contribution is 7.10. The molecule has 0 aliphatic rings. The molecule has 0 saturated heterocycles. The van der Waals surface area contributed by atoms with Crippen LogP contribution in [-0.2, 0) is 17.8 Å². The average Bonchev–Trinajstić information content (AvgIpc) is 3.29. The summed E-state index contributed by atoms with van der Waals surface area (Å²) in [5.74, 6) is 1.03. The number of amides is 2. The summed E-state index contributed by atoms with van der Waals surface area (Å²) in [7, 11) is 3.21. The maximum Gasteiger partial charge on any atom is 0.254 e. The van der Waals surface area contributed by atoms with E-state index in [1.165, 1.54) is 0 Å². The maximum absolute atomic E-state index is 13.6. The first kappa shape index (κ1) is 27.0. The summed E-state index contributed by atoms with van der Waals surface area (Å²) in [6, 6.07) is 15.2. The van der Waals surface area contributed by atoms with Gasteiger partial charge in [0.15, 0.2) is 11.5 Å². The van der Waals surface area contributed by atoms with Crippen molar-refractivity contribution in [1.29, 1.82) is 0 Å². The lowest BCUT2D eigenvalue weighted by Crippen LogP contribution is -2.43. The van der Waals surface area contributed by atoms with E-state index in [0.29, 0.717) is 43.1 Å². The Morgan fingerprint density at radius 2 is 1.69 bits per heavy atom. The fraction of sp³-hybridized carbons (Fsp3) is 0.310. The lowest BCUT2D eigenvalue weighted by Gasteiger charge is -2.27. The average molecular weight is 507 g/mol. The van der Waals surface area contributed by atoms with Crippen LogP contribution < -0.4 is 9.47 Å². The maximum atomic E-state index is 13.6. The molecule has 6 nitrogen and oxygen atoms in total. The topological polar surface area (TPSA) is 59.1 Å². The molecule has 36 heavy (non-hydrogen) atoms. The van der Waals surface area contributed by atoms with Crippen LogP contribution >= 0.6 is 11.3 Å². The van der Waals surface area contributed by atoms with Crippen molar-refractivity contribution in [3.05, 3.63) is 93.7 Å². The van der Waals surface area contributed by atoms with E-state index in [0.717, 1.165) is 21.6 Å². The number of thiophene rings is 1. The largest absolute Gasteiger partial charge is 0.493 e. The van der Waals surface area contributed by atoms with Crippen LogP contribution in [-0.4, -0.2) is 55.5 Å². The molecule has 3 rings (SSSR count). The van der Waals surface area contributed by atoms with Gasteiger partial charge < -0.3 is 19.3 Å². The van der Waals surface area contributed by atoms with Crippen LogP contribution in [0.25, 0.3) is 0 Å². The van der Waals surface area contributed by atoms with E-state index in [2.05, 4.69) is 12.6 Å². The van der Waals surface area contributed by atoms with Crippen molar-refractivity contribution < 1.29 is 19.1 Å². The van der Waals surface area contributed by atoms with E-state index < -0.39 is 0 Å². The van der Waals surface area contributed by atoms with Gasteiger partial charge in [-0.2, -0.15) is 0 Å². The molecule has 2 aromatic carbocycles. The van der Waals surface area contributed by atoms with E-state index in [9.17, 15) is 9.59 Å². The van der Waals surface area contributed by atoms with E-state index in [4.69, 9.17) is 9.47 Å². The fourth-order valence-corrected chi connectivity index (χ4v) is 4.77. The Morgan fingerprint density at radius 3 is 2.31 bits per heavy atom. The number of hydrogen-bond donors (Lipinski definition) is 0. The van der Waals surface area contributed by atoms with Crippen LogP contribution in [0.4, 0.5) is 0 Å². The van der Waals surface area contributed by atoms with Gasteiger partial charge in [-0.05, 0) is 67.1 Å². The normalized spacial score (nSPS) is 10.6. The summed E-state index contributed by atoms with van der Waals surface area (Å²) in [4.78, 5) is 31.2. The van der Waals surface area contributed by atoms with Gasteiger partial charge in [0, 0.05) is 23.5 Å². The van der Waals surface area contributed by atoms with Crippen molar-refractivity contribution in [2.75, 3.05) is 33.9 Å². The number of ether oxygens (including phenoxy) is 2. The number of rotatable bonds is 12. The summed E-state index contributed by atoms with van der Waals surface area (Å²) in [5, 5.41) is 2.03. The molecule has 0 aliphatic carbocycles. The van der Waals surface area contributed by atoms with E-state index in [-0.39, 0.29) is 18.4 Å². The quantitative estimate of drug-likeness (QED) is 0.314. The van der Waals surface area contributed by atoms with Crippen molar-refractivity contribution in [3.63, 3.8) is 0 Å². The second-order valence-electron chi connectivity index (χ2n) is 8.62. The summed E-state index contributed by atoms with van der Waals surface area (Å²) < 4.78 is 10.8. The van der Waals surface area contributed by atoms with Gasteiger partial charge in [-0.1, -0.05) is 29.8 Å². The number of hydrogen-bond acceptors (Lipinski definition) is 5. The summed E-state index contributed by atoms with van der Waals surface area (Å²) in [6.45, 7) is 9.08. The number of nitrogens with zero attached hydrogens (tertiary/aromatic N) is 2. The molecule has 0 radical (unpaired) electrons. The second kappa shape index (κ2) is 12.9. The molecule has 1 aromatic heterocycles. The van der Waals surface area contributed by atoms with E-state index >= 15 is 0 Å². The van der Waals surface area contributed by atoms with Crippen LogP contribution in [0.3, 0.4) is 0 Å². The second-order valence-corrected chi connectivity index (χ2v) is 9.62. The van der Waals surface area contributed by atoms with Crippen LogP contribution in [0.5, 0.6) is 11.5 Å². The van der Waals surface area contributed by atoms with Gasteiger partial charge in [0.2, 0.25) is 5.91 Å². The number of methoxy groups -OCH3 is 2. The summed E-state index contributed by atoms with van der Waals surface area (Å²) >= 11 is 1.63. The molecule has 1 heterocycles. The van der Waals surface area contributed by atoms with Crippen molar-refractivity contribution in [2.24, 2.45) is 0 Å². The molecule has 0 unspecified atom stereocenters. The fourth-order valence-electron chi connectivity index (χ4n) is 3.85. The third-order valence-corrected chi connectivity index (χ3v) is 7.04. The van der Waals surface area contributed by atoms with E-state index in [1.54, 1.807) is 48.7 Å². The van der Waals surface area contributed by atoms with Gasteiger partial charge in [0.1, 0.15) is 6.54 Å². The molecule has 7 heteroatoms. The van der Waals surface area contributed by atoms with Gasteiger partial charge >= 0.3 is 0 Å². The number of carbonyl (C=O) groups is 2. The van der Waals surface area contributed by atoms with Crippen molar-refractivity contribution in [3.8, 4) is 11.5 Å². The molecule has 0 aliphatic heterocycles. The first-order chi connectivity index (χ1) is 17.4. The molecule has 2 amide bonds. The predicted molar refractivity (Wildman–Crippen MR) is 145 cm³/mol. The lowest BCUT2D eigenvalue weighted by molar-refractivity contribution is -0.132. The summed E-state index contributed by atoms with van der Waals surface area (Å²) in [6.07, 6.45) is 2.29. The van der Waals surface area contributed by atoms with Crippen molar-refractivity contribution in [2.45, 2.75) is 26.8 Å². The molecule has 0 atom stereocenters. The smallest absolute Gasteiger partial charge is 0.254 e. The zero-order valence-electron chi connectivity index (χ0n) is 21.5. The minimum Gasteiger partial charge on any atom is -0.493 e. The number of aryl methyl sites for hydroxylation is 2. The highest BCUT2D eigenvalue weighted by Crippen LogP contribution is 2.28. The standard InChI is InChI=1S/C29H34N2O4S/c1-6-15-31(29(33)24-10-7-21(2)8-11-24)20-28(32)30(19-27-22(3)14-17-36-27)16-13-23-9-12-25(34-4)26(18-23)35-5/h6-12,14,17-18H,1,13,15-16,19-20H2,2-5H3. The lowest BCUT2D eigenvalue weighted by atomic mass is 10.1. The third kappa shape index (κ3) is 6.98. The van der Waals surface area contributed by atoms with Crippen LogP contribution in [0.1, 0.15) is 31.9 Å². The molecule has 0 N–H and O–H groups in total. The molecular weight excluding hydrogens is 472 g/mol. The molecule has 0 fully saturated rings. The highest BCUT2D eigenvalue weighted by Gasteiger charge is 2.23. The molecule has 0 saturated carbocycles. The van der Waals surface area contributed by atoms with Crippen molar-refractivity contribution >= 4 is 23.2 Å². The Hall–Kier alpha value is -3.58. The highest BCUT2D eigenvalue weighted by atomic mass is 32.1. The van der Waals surface area contributed by atoms with Gasteiger partial charge in [-0.3, -0.25) is 9.59 Å². The van der Waals surface area contributed by atoms with Gasteiger partial charge in [0.05, 0.1) is 20.8 Å². The van der Waals surface area contributed by atoms with Crippen LogP contribution in [0, 0.1) is 13.8 Å². The Balaban J connectivity index is 1.79.